The molecule has 14 heteroatoms. The lowest BCUT2D eigenvalue weighted by Crippen LogP contribution is -2.46. The van der Waals surface area contributed by atoms with Gasteiger partial charge in [-0.1, -0.05) is 0 Å². The number of aromatic amines is 1. The topological polar surface area (TPSA) is 151 Å². The second-order valence-electron chi connectivity index (χ2n) is 8.94. The van der Waals surface area contributed by atoms with Gasteiger partial charge in [-0.25, -0.2) is 19.2 Å². The number of imidazole rings is 1. The molecule has 2 amide bonds. The summed E-state index contributed by atoms with van der Waals surface area (Å²) in [6.45, 7) is 6.24. The highest BCUT2D eigenvalue weighted by atomic mass is 19.1. The van der Waals surface area contributed by atoms with Crippen LogP contribution in [0.25, 0.3) is 5.65 Å². The van der Waals surface area contributed by atoms with E-state index in [1.165, 1.54) is 0 Å². The smallest absolute Gasteiger partial charge is 0.407 e. The van der Waals surface area contributed by atoms with Crippen LogP contribution in [0.1, 0.15) is 36.1 Å². The second-order valence-corrected chi connectivity index (χ2v) is 8.94. The summed E-state index contributed by atoms with van der Waals surface area (Å²) in [7, 11) is 0. The predicted molar refractivity (Wildman–Crippen MR) is 126 cm³/mol. The normalized spacial score (nSPS) is 22.2. The van der Waals surface area contributed by atoms with Crippen LogP contribution in [0.4, 0.5) is 21.0 Å². The Morgan fingerprint density at radius 2 is 2.11 bits per heavy atom. The zero-order chi connectivity index (χ0) is 25.2. The predicted octanol–water partition coefficient (Wildman–Crippen LogP) is 1.15. The molecule has 5 heterocycles. The Labute approximate surface area is 205 Å². The number of piperazine rings is 1. The monoisotopic (exact) mass is 501 g/mol. The highest BCUT2D eigenvalue weighted by Gasteiger charge is 2.42. The van der Waals surface area contributed by atoms with E-state index in [0.29, 0.717) is 41.9 Å². The van der Waals surface area contributed by atoms with E-state index in [2.05, 4.69) is 36.1 Å². The van der Waals surface area contributed by atoms with Crippen LogP contribution >= 0.6 is 0 Å². The number of nitrogens with one attached hydrogen (secondary N) is 4. The maximum absolute atomic E-state index is 14.9. The summed E-state index contributed by atoms with van der Waals surface area (Å²) >= 11 is 0. The van der Waals surface area contributed by atoms with Crippen molar-refractivity contribution in [2.45, 2.75) is 38.3 Å². The molecule has 2 aliphatic rings. The van der Waals surface area contributed by atoms with Gasteiger partial charge in [-0.05, 0) is 19.9 Å². The molecule has 2 aliphatic heterocycles. The fourth-order valence-corrected chi connectivity index (χ4v) is 4.15. The molecule has 0 bridgehead atoms. The van der Waals surface area contributed by atoms with E-state index in [4.69, 9.17) is 9.47 Å². The maximum Gasteiger partial charge on any atom is 0.407 e. The number of carbonyl (C=O) groups excluding carboxylic acids is 2. The Morgan fingerprint density at radius 3 is 2.89 bits per heavy atom. The molecule has 3 aromatic rings. The molecule has 5 rings (SSSR count). The molecule has 3 atom stereocenters. The van der Waals surface area contributed by atoms with Crippen molar-refractivity contribution >= 4 is 29.4 Å². The number of hydrogen-bond donors (Lipinski definition) is 4. The molecule has 2 fully saturated rings. The molecule has 192 valence electrons. The van der Waals surface area contributed by atoms with Crippen LogP contribution in [-0.4, -0.2) is 92.6 Å². The first-order valence-corrected chi connectivity index (χ1v) is 11.8. The molecule has 3 aromatic heterocycles. The summed E-state index contributed by atoms with van der Waals surface area (Å²) < 4.78 is 27.3. The van der Waals surface area contributed by atoms with Gasteiger partial charge in [0.15, 0.2) is 18.1 Å². The van der Waals surface area contributed by atoms with Crippen molar-refractivity contribution in [2.24, 2.45) is 0 Å². The van der Waals surface area contributed by atoms with Crippen molar-refractivity contribution in [3.8, 4) is 0 Å². The molecule has 4 N–H and O–H groups in total. The van der Waals surface area contributed by atoms with Gasteiger partial charge in [-0.3, -0.25) is 14.3 Å². The number of amides is 2. The lowest BCUT2D eigenvalue weighted by Gasteiger charge is -2.26. The molecule has 0 radical (unpaired) electrons. The molecular formula is C22H28FN9O4. The number of rotatable bonds is 6. The third-order valence-electron chi connectivity index (χ3n) is 5.90. The van der Waals surface area contributed by atoms with Crippen LogP contribution in [0.3, 0.4) is 0 Å². The second kappa shape index (κ2) is 10.1. The Balaban J connectivity index is 1.27. The van der Waals surface area contributed by atoms with Crippen LogP contribution in [0.5, 0.6) is 0 Å². The number of alkyl carbamates (subject to hydrolysis) is 1. The summed E-state index contributed by atoms with van der Waals surface area (Å²) in [5.74, 6) is 0.610. The van der Waals surface area contributed by atoms with Crippen molar-refractivity contribution in [2.75, 3.05) is 38.1 Å². The summed E-state index contributed by atoms with van der Waals surface area (Å²) in [4.78, 5) is 35.2. The minimum absolute atomic E-state index is 0.0705. The number of fused-ring (bicyclic) bond motifs is 1. The van der Waals surface area contributed by atoms with Crippen LogP contribution in [0, 0.1) is 0 Å². The number of alkyl halides is 1. The van der Waals surface area contributed by atoms with Crippen molar-refractivity contribution in [1.82, 2.24) is 40.1 Å². The van der Waals surface area contributed by atoms with Crippen molar-refractivity contribution in [1.29, 1.82) is 0 Å². The van der Waals surface area contributed by atoms with Crippen LogP contribution in [0.15, 0.2) is 24.5 Å². The number of anilines is 2. The van der Waals surface area contributed by atoms with Crippen molar-refractivity contribution in [3.05, 3.63) is 35.9 Å². The lowest BCUT2D eigenvalue weighted by molar-refractivity contribution is 0.0614. The number of carbonyl (C=O) groups is 2. The van der Waals surface area contributed by atoms with E-state index < -0.39 is 24.5 Å². The van der Waals surface area contributed by atoms with E-state index >= 15 is 0 Å². The van der Waals surface area contributed by atoms with E-state index in [0.717, 1.165) is 13.1 Å². The van der Waals surface area contributed by atoms with E-state index in [1.54, 1.807) is 47.7 Å². The first-order valence-electron chi connectivity index (χ1n) is 11.8. The first-order chi connectivity index (χ1) is 17.4. The Hall–Kier alpha value is -3.78. The lowest BCUT2D eigenvalue weighted by atomic mass is 10.1. The molecular weight excluding hydrogens is 473 g/mol. The Morgan fingerprint density at radius 1 is 1.31 bits per heavy atom. The molecule has 0 aliphatic carbocycles. The minimum Gasteiger partial charge on any atom is -0.441 e. The average Bonchev–Trinajstić information content (AvgIpc) is 3.58. The standard InChI is InChI=1S/C22H28FN9O4/c1-12(2)26-22(34)36-15-11-35-19(18(15)23)13-9-16(30-29-13)28-21-25-4-3-17-27-14(10-32(17)21)20(33)31-7-5-24-6-8-31/h3-4,9-10,12,15,18-19,24H,5-8,11H2,1-2H3,(H,26,34)(H2,25,28,29,30)/t15-,18+,19-/m1/s1. The van der Waals surface area contributed by atoms with Crippen molar-refractivity contribution in [3.63, 3.8) is 0 Å². The number of hydrogen-bond acceptors (Lipinski definition) is 9. The maximum atomic E-state index is 14.9. The van der Waals surface area contributed by atoms with Crippen molar-refractivity contribution < 1.29 is 23.5 Å². The van der Waals surface area contributed by atoms with Gasteiger partial charge >= 0.3 is 6.09 Å². The van der Waals surface area contributed by atoms with Gasteiger partial charge < -0.3 is 30.3 Å². The fraction of sp³-hybridized carbons (Fsp3) is 0.500. The number of H-pyrrole nitrogens is 1. The SMILES string of the molecule is CC(C)NC(=O)O[C@@H]1CO[C@H](c2cc(Nc3nccc4nc(C(=O)N5CCNCC5)cn34)n[nH]2)[C@H]1F. The minimum atomic E-state index is -1.56. The van der Waals surface area contributed by atoms with Crippen LogP contribution < -0.4 is 16.0 Å². The quantitative estimate of drug-likeness (QED) is 0.390. The summed E-state index contributed by atoms with van der Waals surface area (Å²) in [6, 6.07) is 3.17. The fourth-order valence-electron chi connectivity index (χ4n) is 4.15. The van der Waals surface area contributed by atoms with Gasteiger partial charge in [0.2, 0.25) is 5.95 Å². The largest absolute Gasteiger partial charge is 0.441 e. The zero-order valence-electron chi connectivity index (χ0n) is 19.9. The van der Waals surface area contributed by atoms with Gasteiger partial charge in [0.05, 0.1) is 12.3 Å². The van der Waals surface area contributed by atoms with Gasteiger partial charge in [0.25, 0.3) is 5.91 Å². The van der Waals surface area contributed by atoms with Crippen LogP contribution in [-0.2, 0) is 9.47 Å². The number of nitrogens with zero attached hydrogens (tertiary/aromatic N) is 5. The van der Waals surface area contributed by atoms with E-state index in [9.17, 15) is 14.0 Å². The third kappa shape index (κ3) is 4.95. The molecule has 0 aromatic carbocycles. The summed E-state index contributed by atoms with van der Waals surface area (Å²) in [5, 5.41) is 15.8. The molecule has 36 heavy (non-hydrogen) atoms. The third-order valence-corrected chi connectivity index (χ3v) is 5.90. The van der Waals surface area contributed by atoms with Gasteiger partial charge in [-0.15, -0.1) is 0 Å². The first kappa shape index (κ1) is 23.9. The molecule has 13 nitrogen and oxygen atoms in total. The molecule has 2 saturated heterocycles. The molecule has 0 saturated carbocycles. The highest BCUT2D eigenvalue weighted by molar-refractivity contribution is 5.93. The van der Waals surface area contributed by atoms with E-state index in [-0.39, 0.29) is 18.6 Å². The van der Waals surface area contributed by atoms with Gasteiger partial charge in [0.1, 0.15) is 17.4 Å². The Bertz CT molecular complexity index is 1240. The number of ether oxygens (including phenoxy) is 2. The van der Waals surface area contributed by atoms with Crippen LogP contribution in [0.2, 0.25) is 0 Å². The molecule has 0 unspecified atom stereocenters. The zero-order valence-corrected chi connectivity index (χ0v) is 19.9. The average molecular weight is 502 g/mol. The summed E-state index contributed by atoms with van der Waals surface area (Å²) in [5.41, 5.74) is 1.25. The Kier molecular flexibility index (Phi) is 6.69. The van der Waals surface area contributed by atoms with E-state index in [1.807, 2.05) is 0 Å². The van der Waals surface area contributed by atoms with Gasteiger partial charge in [-0.2, -0.15) is 5.10 Å². The highest BCUT2D eigenvalue weighted by Crippen LogP contribution is 2.33. The number of aromatic nitrogens is 5. The van der Waals surface area contributed by atoms with Gasteiger partial charge in [0, 0.05) is 50.7 Å². The molecule has 0 spiro atoms. The summed E-state index contributed by atoms with van der Waals surface area (Å²) in [6.07, 6.45) is -1.05. The number of halogens is 1.